The molecule has 1 aromatic carbocycles. The summed E-state index contributed by atoms with van der Waals surface area (Å²) in [6, 6.07) is 6.19. The maximum Gasteiger partial charge on any atom is 0.158 e. The van der Waals surface area contributed by atoms with Gasteiger partial charge in [-0.15, -0.1) is 0 Å². The van der Waals surface area contributed by atoms with E-state index in [1.165, 1.54) is 11.1 Å². The molecule has 0 unspecified atom stereocenters. The average Bonchev–Trinajstić information content (AvgIpc) is 2.98. The zero-order valence-electron chi connectivity index (χ0n) is 17.4. The van der Waals surface area contributed by atoms with Crippen LogP contribution in [-0.4, -0.2) is 28.5 Å². The number of benzene rings is 1. The van der Waals surface area contributed by atoms with E-state index in [0.29, 0.717) is 0 Å². The summed E-state index contributed by atoms with van der Waals surface area (Å²) in [5, 5.41) is 16.4. The van der Waals surface area contributed by atoms with Crippen molar-refractivity contribution in [1.29, 1.82) is 0 Å². The molecular weight excluding hydrogens is 338 g/mol. The van der Waals surface area contributed by atoms with Crippen molar-refractivity contribution in [1.82, 2.24) is 9.78 Å². The van der Waals surface area contributed by atoms with Gasteiger partial charge in [-0.25, -0.2) is 0 Å². The topological polar surface area (TPSA) is 50.5 Å². The quantitative estimate of drug-likeness (QED) is 0.772. The molecule has 1 aliphatic rings. The van der Waals surface area contributed by atoms with E-state index < -0.39 is 5.60 Å². The molecule has 1 N–H and O–H groups in total. The first-order valence-electron chi connectivity index (χ1n) is 10.2. The third-order valence-corrected chi connectivity index (χ3v) is 5.65. The molecule has 5 heteroatoms. The Morgan fingerprint density at radius 3 is 2.52 bits per heavy atom. The summed E-state index contributed by atoms with van der Waals surface area (Å²) in [5.74, 6) is 1.87. The monoisotopic (exact) mass is 371 g/mol. The van der Waals surface area contributed by atoms with Crippen LogP contribution >= 0.6 is 0 Å². The number of ether oxygens (including phenoxy) is 1. The summed E-state index contributed by atoms with van der Waals surface area (Å²) in [6.07, 6.45) is 5.49. The van der Waals surface area contributed by atoms with Gasteiger partial charge in [-0.3, -0.25) is 4.68 Å². The molecule has 3 rings (SSSR count). The van der Waals surface area contributed by atoms with Crippen molar-refractivity contribution in [2.45, 2.75) is 64.9 Å². The number of aromatic nitrogens is 2. The predicted octanol–water partition coefficient (Wildman–Crippen LogP) is 4.61. The van der Waals surface area contributed by atoms with Gasteiger partial charge in [0.05, 0.1) is 12.8 Å². The molecule has 0 saturated heterocycles. The number of rotatable bonds is 7. The minimum Gasteiger partial charge on any atom is -0.497 e. The van der Waals surface area contributed by atoms with Crippen LogP contribution in [0.15, 0.2) is 18.2 Å². The van der Waals surface area contributed by atoms with Crippen LogP contribution in [0.1, 0.15) is 62.8 Å². The van der Waals surface area contributed by atoms with Crippen LogP contribution in [-0.2, 0) is 19.1 Å². The third kappa shape index (κ3) is 3.57. The molecule has 1 aromatic heterocycles. The van der Waals surface area contributed by atoms with Crippen molar-refractivity contribution < 1.29 is 9.84 Å². The molecule has 2 aromatic rings. The van der Waals surface area contributed by atoms with Gasteiger partial charge in [0.2, 0.25) is 0 Å². The lowest BCUT2D eigenvalue weighted by atomic mass is 9.85. The lowest BCUT2D eigenvalue weighted by molar-refractivity contribution is 0.00829. The normalized spacial score (nSPS) is 14.4. The number of fused-ring (bicyclic) bond motifs is 1. The van der Waals surface area contributed by atoms with Crippen molar-refractivity contribution in [2.75, 3.05) is 18.6 Å². The Kier molecular flexibility index (Phi) is 5.80. The number of methoxy groups -OCH3 is 1. The van der Waals surface area contributed by atoms with Crippen LogP contribution in [0.25, 0.3) is 0 Å². The summed E-state index contributed by atoms with van der Waals surface area (Å²) in [4.78, 5) is 2.30. The molecule has 1 aliphatic heterocycles. The molecule has 0 fully saturated rings. The van der Waals surface area contributed by atoms with Gasteiger partial charge in [0.1, 0.15) is 11.4 Å². The smallest absolute Gasteiger partial charge is 0.158 e. The van der Waals surface area contributed by atoms with Crippen molar-refractivity contribution in [3.63, 3.8) is 0 Å². The van der Waals surface area contributed by atoms with Crippen molar-refractivity contribution in [3.8, 4) is 5.75 Å². The molecule has 0 amide bonds. The van der Waals surface area contributed by atoms with Crippen molar-refractivity contribution in [2.24, 2.45) is 7.05 Å². The summed E-state index contributed by atoms with van der Waals surface area (Å²) in [5.41, 5.74) is 3.76. The fourth-order valence-corrected chi connectivity index (χ4v) is 4.58. The highest BCUT2D eigenvalue weighted by atomic mass is 16.5. The zero-order chi connectivity index (χ0) is 19.6. The minimum absolute atomic E-state index is 0.772. The number of aliphatic hydroxyl groups is 1. The van der Waals surface area contributed by atoms with Crippen LogP contribution in [0.5, 0.6) is 5.75 Å². The van der Waals surface area contributed by atoms with Crippen molar-refractivity contribution >= 4 is 11.5 Å². The van der Waals surface area contributed by atoms with Gasteiger partial charge in [0.25, 0.3) is 0 Å². The SMILES string of the molecule is CCCC(O)(CCC)c1c2c(nn1C)N(c1ccc(OC)cc1C)CCC2. The molecule has 27 heavy (non-hydrogen) atoms. The number of hydrogen-bond acceptors (Lipinski definition) is 4. The Labute approximate surface area is 163 Å². The Balaban J connectivity index is 2.08. The van der Waals surface area contributed by atoms with Gasteiger partial charge in [0, 0.05) is 24.8 Å². The summed E-state index contributed by atoms with van der Waals surface area (Å²) in [6.45, 7) is 7.32. The van der Waals surface area contributed by atoms with Crippen molar-refractivity contribution in [3.05, 3.63) is 35.0 Å². The second kappa shape index (κ2) is 7.93. The van der Waals surface area contributed by atoms with E-state index >= 15 is 0 Å². The minimum atomic E-state index is -0.795. The number of hydrogen-bond donors (Lipinski definition) is 1. The molecular formula is C22H33N3O2. The molecule has 2 heterocycles. The lowest BCUT2D eigenvalue weighted by Crippen LogP contribution is -2.31. The van der Waals surface area contributed by atoms with Gasteiger partial charge < -0.3 is 14.7 Å². The fourth-order valence-electron chi connectivity index (χ4n) is 4.58. The third-order valence-electron chi connectivity index (χ3n) is 5.65. The van der Waals surface area contributed by atoms with Crippen LogP contribution in [0.3, 0.4) is 0 Å². The fraction of sp³-hybridized carbons (Fsp3) is 0.591. The number of anilines is 2. The Hall–Kier alpha value is -2.01. The maximum absolute atomic E-state index is 11.5. The highest BCUT2D eigenvalue weighted by molar-refractivity contribution is 5.69. The summed E-state index contributed by atoms with van der Waals surface area (Å²) < 4.78 is 7.28. The Morgan fingerprint density at radius 1 is 1.22 bits per heavy atom. The maximum atomic E-state index is 11.5. The van der Waals surface area contributed by atoms with Crippen LogP contribution < -0.4 is 9.64 Å². The summed E-state index contributed by atoms with van der Waals surface area (Å²) >= 11 is 0. The first kappa shape index (κ1) is 19.7. The average molecular weight is 372 g/mol. The highest BCUT2D eigenvalue weighted by Gasteiger charge is 2.37. The largest absolute Gasteiger partial charge is 0.497 e. The predicted molar refractivity (Wildman–Crippen MR) is 110 cm³/mol. The molecule has 5 nitrogen and oxygen atoms in total. The Bertz CT molecular complexity index is 791. The summed E-state index contributed by atoms with van der Waals surface area (Å²) in [7, 11) is 3.67. The molecule has 0 bridgehead atoms. The van der Waals surface area contributed by atoms with Crippen LogP contribution in [0.2, 0.25) is 0 Å². The zero-order valence-corrected chi connectivity index (χ0v) is 17.4. The Morgan fingerprint density at radius 2 is 1.93 bits per heavy atom. The van der Waals surface area contributed by atoms with Gasteiger partial charge in [-0.2, -0.15) is 5.10 Å². The number of nitrogens with zero attached hydrogens (tertiary/aromatic N) is 3. The number of aryl methyl sites for hydroxylation is 2. The molecule has 0 saturated carbocycles. The molecule has 148 valence electrons. The second-order valence-electron chi connectivity index (χ2n) is 7.71. The standard InChI is InChI=1S/C22H33N3O2/c1-6-12-22(26,13-7-2)20-18-9-8-14-25(21(18)23-24(20)4)19-11-10-17(27-5)15-16(19)3/h10-11,15,26H,6-9,12-14H2,1-5H3. The molecule has 0 radical (unpaired) electrons. The van der Waals surface area contributed by atoms with Gasteiger partial charge >= 0.3 is 0 Å². The van der Waals surface area contributed by atoms with Crippen LogP contribution in [0.4, 0.5) is 11.5 Å². The van der Waals surface area contributed by atoms with Gasteiger partial charge in [0.15, 0.2) is 5.82 Å². The lowest BCUT2D eigenvalue weighted by Gasteiger charge is -2.32. The first-order chi connectivity index (χ1) is 12.9. The second-order valence-corrected chi connectivity index (χ2v) is 7.71. The molecule has 0 spiro atoms. The van der Waals surface area contributed by atoms with E-state index in [0.717, 1.165) is 68.0 Å². The van der Waals surface area contributed by atoms with E-state index in [2.05, 4.69) is 37.8 Å². The van der Waals surface area contributed by atoms with E-state index in [-0.39, 0.29) is 0 Å². The van der Waals surface area contributed by atoms with Crippen LogP contribution in [0, 0.1) is 6.92 Å². The van der Waals surface area contributed by atoms with Gasteiger partial charge in [-0.1, -0.05) is 26.7 Å². The molecule has 0 aliphatic carbocycles. The van der Waals surface area contributed by atoms with E-state index in [1.54, 1.807) is 7.11 Å². The molecule has 0 atom stereocenters. The van der Waals surface area contributed by atoms with E-state index in [4.69, 9.17) is 9.84 Å². The van der Waals surface area contributed by atoms with E-state index in [1.807, 2.05) is 17.8 Å². The first-order valence-corrected chi connectivity index (χ1v) is 10.2. The van der Waals surface area contributed by atoms with Gasteiger partial charge in [-0.05, 0) is 56.4 Å². The highest BCUT2D eigenvalue weighted by Crippen LogP contribution is 2.42. The van der Waals surface area contributed by atoms with E-state index in [9.17, 15) is 5.11 Å².